The second kappa shape index (κ2) is 6.05. The Morgan fingerprint density at radius 3 is 2.32 bits per heavy atom. The van der Waals surface area contributed by atoms with Crippen molar-refractivity contribution in [3.63, 3.8) is 0 Å². The van der Waals surface area contributed by atoms with Crippen LogP contribution in [0.3, 0.4) is 0 Å². The fourth-order valence-electron chi connectivity index (χ4n) is 1.29. The summed E-state index contributed by atoms with van der Waals surface area (Å²) in [6.07, 6.45) is -4.55. The second-order valence-electron chi connectivity index (χ2n) is 4.49. The lowest BCUT2D eigenvalue weighted by atomic mass is 10.3. The molecule has 0 aliphatic carbocycles. The van der Waals surface area contributed by atoms with Gasteiger partial charge in [0.25, 0.3) is 0 Å². The average molecular weight is 278 g/mol. The van der Waals surface area contributed by atoms with Crippen LogP contribution in [0.25, 0.3) is 0 Å². The van der Waals surface area contributed by atoms with E-state index >= 15 is 0 Å². The van der Waals surface area contributed by atoms with Gasteiger partial charge in [0.2, 0.25) is 5.95 Å². The van der Waals surface area contributed by atoms with Crippen molar-refractivity contribution in [3.05, 3.63) is 11.8 Å². The van der Waals surface area contributed by atoms with E-state index < -0.39 is 17.9 Å². The molecule has 0 saturated heterocycles. The van der Waals surface area contributed by atoms with E-state index in [1.807, 2.05) is 0 Å². The topological polar surface area (TPSA) is 70.1 Å². The molecule has 8 heteroatoms. The number of aliphatic hydroxyl groups is 1. The normalized spacial score (nSPS) is 13.5. The van der Waals surface area contributed by atoms with Gasteiger partial charge in [0, 0.05) is 18.2 Å². The highest BCUT2D eigenvalue weighted by atomic mass is 19.4. The largest absolute Gasteiger partial charge is 0.433 e. The van der Waals surface area contributed by atoms with Crippen LogP contribution in [0.1, 0.15) is 26.5 Å². The van der Waals surface area contributed by atoms with Crippen molar-refractivity contribution in [2.75, 3.05) is 17.2 Å². The molecule has 1 heterocycles. The average Bonchev–Trinajstić information content (AvgIpc) is 2.26. The van der Waals surface area contributed by atoms with E-state index in [-0.39, 0.29) is 24.4 Å². The first-order valence-electron chi connectivity index (χ1n) is 5.82. The van der Waals surface area contributed by atoms with Crippen molar-refractivity contribution in [3.8, 4) is 0 Å². The number of hydrogen-bond acceptors (Lipinski definition) is 5. The molecule has 0 aliphatic rings. The van der Waals surface area contributed by atoms with Gasteiger partial charge in [-0.25, -0.2) is 4.98 Å². The van der Waals surface area contributed by atoms with Crippen molar-refractivity contribution >= 4 is 11.8 Å². The summed E-state index contributed by atoms with van der Waals surface area (Å²) in [5.41, 5.74) is -1.03. The van der Waals surface area contributed by atoms with E-state index in [1.54, 1.807) is 20.8 Å². The van der Waals surface area contributed by atoms with Crippen molar-refractivity contribution in [2.24, 2.45) is 0 Å². The molecule has 19 heavy (non-hydrogen) atoms. The molecule has 0 aromatic carbocycles. The van der Waals surface area contributed by atoms with Gasteiger partial charge in [-0.15, -0.1) is 0 Å². The molecule has 0 amide bonds. The van der Waals surface area contributed by atoms with Crippen molar-refractivity contribution < 1.29 is 18.3 Å². The quantitative estimate of drug-likeness (QED) is 0.769. The third-order valence-electron chi connectivity index (χ3n) is 2.10. The molecular weight excluding hydrogens is 261 g/mol. The zero-order valence-corrected chi connectivity index (χ0v) is 10.9. The van der Waals surface area contributed by atoms with Gasteiger partial charge in [-0.2, -0.15) is 18.2 Å². The van der Waals surface area contributed by atoms with E-state index in [0.717, 1.165) is 6.07 Å². The molecule has 1 aromatic heterocycles. The van der Waals surface area contributed by atoms with Crippen LogP contribution in [0.5, 0.6) is 0 Å². The zero-order valence-electron chi connectivity index (χ0n) is 10.9. The molecule has 0 fully saturated rings. The monoisotopic (exact) mass is 278 g/mol. The molecule has 0 saturated carbocycles. The van der Waals surface area contributed by atoms with Crippen LogP contribution >= 0.6 is 0 Å². The highest BCUT2D eigenvalue weighted by molar-refractivity contribution is 5.44. The lowest BCUT2D eigenvalue weighted by molar-refractivity contribution is -0.141. The molecule has 108 valence electrons. The Morgan fingerprint density at radius 2 is 1.84 bits per heavy atom. The smallest absolute Gasteiger partial charge is 0.394 e. The molecule has 0 bridgehead atoms. The maximum atomic E-state index is 12.7. The van der Waals surface area contributed by atoms with Gasteiger partial charge in [-0.05, 0) is 20.8 Å². The molecule has 0 radical (unpaired) electrons. The summed E-state index contributed by atoms with van der Waals surface area (Å²) >= 11 is 0. The number of aliphatic hydroxyl groups excluding tert-OH is 1. The summed E-state index contributed by atoms with van der Waals surface area (Å²) < 4.78 is 38.1. The lowest BCUT2D eigenvalue weighted by Gasteiger charge is -2.16. The minimum absolute atomic E-state index is 0.0564. The van der Waals surface area contributed by atoms with E-state index in [0.29, 0.717) is 0 Å². The van der Waals surface area contributed by atoms with Crippen LogP contribution in [0.2, 0.25) is 0 Å². The SMILES string of the molecule is CC(C)Nc1cc(C(F)(F)F)nc(N[C@@H](C)CO)n1. The van der Waals surface area contributed by atoms with E-state index in [2.05, 4.69) is 20.6 Å². The number of hydrogen-bond donors (Lipinski definition) is 3. The maximum absolute atomic E-state index is 12.7. The number of nitrogens with zero attached hydrogens (tertiary/aromatic N) is 2. The van der Waals surface area contributed by atoms with E-state index in [1.165, 1.54) is 0 Å². The van der Waals surface area contributed by atoms with Crippen LogP contribution in [-0.2, 0) is 6.18 Å². The number of anilines is 2. The summed E-state index contributed by atoms with van der Waals surface area (Å²) in [5, 5.41) is 14.3. The van der Waals surface area contributed by atoms with Gasteiger partial charge in [0.05, 0.1) is 6.61 Å². The van der Waals surface area contributed by atoms with Crippen molar-refractivity contribution in [1.29, 1.82) is 0 Å². The first kappa shape index (κ1) is 15.5. The predicted octanol–water partition coefficient (Wildman–Crippen LogP) is 2.11. The van der Waals surface area contributed by atoms with E-state index in [9.17, 15) is 13.2 Å². The Kier molecular flexibility index (Phi) is 4.93. The minimum atomic E-state index is -4.55. The first-order chi connectivity index (χ1) is 8.72. The van der Waals surface area contributed by atoms with E-state index in [4.69, 9.17) is 5.11 Å². The predicted molar refractivity (Wildman–Crippen MR) is 66.0 cm³/mol. The molecular formula is C11H17F3N4O. The third-order valence-corrected chi connectivity index (χ3v) is 2.10. The van der Waals surface area contributed by atoms with Crippen molar-refractivity contribution in [2.45, 2.75) is 39.0 Å². The van der Waals surface area contributed by atoms with Crippen LogP contribution in [0.15, 0.2) is 6.07 Å². The zero-order chi connectivity index (χ0) is 14.6. The Balaban J connectivity index is 3.09. The summed E-state index contributed by atoms with van der Waals surface area (Å²) in [6.45, 7) is 4.96. The summed E-state index contributed by atoms with van der Waals surface area (Å²) in [7, 11) is 0. The number of alkyl halides is 3. The van der Waals surface area contributed by atoms with Gasteiger partial charge in [-0.3, -0.25) is 0 Å². The molecule has 0 aliphatic heterocycles. The van der Waals surface area contributed by atoms with Crippen LogP contribution in [-0.4, -0.2) is 33.8 Å². The van der Waals surface area contributed by atoms with Gasteiger partial charge in [0.1, 0.15) is 5.82 Å². The van der Waals surface area contributed by atoms with Gasteiger partial charge >= 0.3 is 6.18 Å². The lowest BCUT2D eigenvalue weighted by Crippen LogP contribution is -2.23. The first-order valence-corrected chi connectivity index (χ1v) is 5.82. The molecule has 5 nitrogen and oxygen atoms in total. The standard InChI is InChI=1S/C11H17F3N4O/c1-6(2)15-9-4-8(11(12,13)14)17-10(18-9)16-7(3)5-19/h4,6-7,19H,5H2,1-3H3,(H2,15,16,17,18)/t7-/m0/s1. The third kappa shape index (κ3) is 4.90. The molecule has 0 unspecified atom stereocenters. The van der Waals surface area contributed by atoms with Crippen LogP contribution in [0.4, 0.5) is 24.9 Å². The Morgan fingerprint density at radius 1 is 1.21 bits per heavy atom. The Hall–Kier alpha value is -1.57. The highest BCUT2D eigenvalue weighted by Gasteiger charge is 2.33. The maximum Gasteiger partial charge on any atom is 0.433 e. The Bertz CT molecular complexity index is 423. The summed E-state index contributed by atoms with van der Waals surface area (Å²) in [5.74, 6) is -0.0792. The number of aromatic nitrogens is 2. The summed E-state index contributed by atoms with van der Waals surface area (Å²) in [6, 6.07) is 0.365. The second-order valence-corrected chi connectivity index (χ2v) is 4.49. The molecule has 1 atom stereocenters. The van der Waals surface area contributed by atoms with Crippen LogP contribution in [0, 0.1) is 0 Å². The van der Waals surface area contributed by atoms with Gasteiger partial charge in [0.15, 0.2) is 5.69 Å². The number of rotatable bonds is 5. The van der Waals surface area contributed by atoms with Crippen LogP contribution < -0.4 is 10.6 Å². The number of halogens is 3. The molecule has 3 N–H and O–H groups in total. The highest BCUT2D eigenvalue weighted by Crippen LogP contribution is 2.29. The number of nitrogens with one attached hydrogen (secondary N) is 2. The fourth-order valence-corrected chi connectivity index (χ4v) is 1.29. The van der Waals surface area contributed by atoms with Gasteiger partial charge in [-0.1, -0.05) is 0 Å². The fraction of sp³-hybridized carbons (Fsp3) is 0.636. The Labute approximate surface area is 109 Å². The summed E-state index contributed by atoms with van der Waals surface area (Å²) in [4.78, 5) is 7.33. The van der Waals surface area contributed by atoms with Crippen molar-refractivity contribution in [1.82, 2.24) is 9.97 Å². The molecule has 1 aromatic rings. The molecule has 1 rings (SSSR count). The minimum Gasteiger partial charge on any atom is -0.394 e. The van der Waals surface area contributed by atoms with Gasteiger partial charge < -0.3 is 15.7 Å². The molecule has 0 spiro atoms.